The van der Waals surface area contributed by atoms with Gasteiger partial charge in [0.2, 0.25) is 0 Å². The highest BCUT2D eigenvalue weighted by atomic mass is 16.5. The van der Waals surface area contributed by atoms with Crippen molar-refractivity contribution in [3.05, 3.63) is 95.3 Å². The van der Waals surface area contributed by atoms with Gasteiger partial charge in [-0.3, -0.25) is 14.6 Å². The number of anilines is 1. The number of nitrogens with one attached hydrogen (secondary N) is 1. The van der Waals surface area contributed by atoms with Crippen LogP contribution in [-0.4, -0.2) is 36.9 Å². The van der Waals surface area contributed by atoms with Crippen LogP contribution in [0.5, 0.6) is 5.75 Å². The smallest absolute Gasteiger partial charge is 0.337 e. The molecular formula is C24H20N2O5. The lowest BCUT2D eigenvalue weighted by atomic mass is 10.0. The molecule has 156 valence electrons. The quantitative estimate of drug-likeness (QED) is 0.207. The second-order valence-electron chi connectivity index (χ2n) is 6.43. The van der Waals surface area contributed by atoms with Crippen LogP contribution in [0.25, 0.3) is 6.08 Å². The summed E-state index contributed by atoms with van der Waals surface area (Å²) in [6.07, 6.45) is 4.41. The molecule has 1 aromatic heterocycles. The zero-order chi connectivity index (χ0) is 22.2. The van der Waals surface area contributed by atoms with Crippen LogP contribution in [0.4, 0.5) is 5.69 Å². The van der Waals surface area contributed by atoms with E-state index in [2.05, 4.69) is 15.0 Å². The Morgan fingerprint density at radius 1 is 0.935 bits per heavy atom. The van der Waals surface area contributed by atoms with Gasteiger partial charge in [0.1, 0.15) is 5.75 Å². The van der Waals surface area contributed by atoms with Gasteiger partial charge >= 0.3 is 5.97 Å². The first-order valence-electron chi connectivity index (χ1n) is 9.32. The van der Waals surface area contributed by atoms with E-state index < -0.39 is 17.7 Å². The normalized spacial score (nSPS) is 10.8. The lowest BCUT2D eigenvalue weighted by molar-refractivity contribution is -0.112. The third-order valence-corrected chi connectivity index (χ3v) is 4.38. The summed E-state index contributed by atoms with van der Waals surface area (Å²) < 4.78 is 9.86. The maximum atomic E-state index is 13.1. The van der Waals surface area contributed by atoms with Crippen LogP contribution in [-0.2, 0) is 9.53 Å². The van der Waals surface area contributed by atoms with Crippen molar-refractivity contribution in [2.75, 3.05) is 19.5 Å². The van der Waals surface area contributed by atoms with E-state index >= 15 is 0 Å². The first kappa shape index (κ1) is 21.4. The number of ether oxygens (including phenoxy) is 2. The molecule has 0 saturated heterocycles. The number of pyridine rings is 1. The number of rotatable bonds is 7. The fourth-order valence-electron chi connectivity index (χ4n) is 2.79. The summed E-state index contributed by atoms with van der Waals surface area (Å²) in [5.74, 6) is -0.969. The average molecular weight is 416 g/mol. The van der Waals surface area contributed by atoms with Gasteiger partial charge < -0.3 is 14.8 Å². The van der Waals surface area contributed by atoms with Crippen LogP contribution in [0.3, 0.4) is 0 Å². The number of nitrogens with zero attached hydrogens (tertiary/aromatic N) is 1. The predicted octanol–water partition coefficient (Wildman–Crippen LogP) is 3.78. The first-order valence-corrected chi connectivity index (χ1v) is 9.32. The summed E-state index contributed by atoms with van der Waals surface area (Å²) >= 11 is 0. The van der Waals surface area contributed by atoms with E-state index in [1.54, 1.807) is 66.9 Å². The Hall–Kier alpha value is -4.26. The molecule has 7 heteroatoms. The predicted molar refractivity (Wildman–Crippen MR) is 116 cm³/mol. The topological polar surface area (TPSA) is 94.6 Å². The molecule has 3 aromatic rings. The molecule has 0 aliphatic heterocycles. The Bertz CT molecular complexity index is 1120. The van der Waals surface area contributed by atoms with E-state index in [4.69, 9.17) is 4.74 Å². The van der Waals surface area contributed by atoms with Crippen molar-refractivity contribution in [3.8, 4) is 5.75 Å². The molecule has 0 aliphatic carbocycles. The Kier molecular flexibility index (Phi) is 6.90. The zero-order valence-corrected chi connectivity index (χ0v) is 17.0. The van der Waals surface area contributed by atoms with Crippen molar-refractivity contribution in [3.63, 3.8) is 0 Å². The molecule has 1 N–H and O–H groups in total. The molecule has 31 heavy (non-hydrogen) atoms. The Morgan fingerprint density at radius 2 is 1.71 bits per heavy atom. The van der Waals surface area contributed by atoms with Crippen LogP contribution < -0.4 is 10.1 Å². The molecule has 0 aliphatic rings. The first-order chi connectivity index (χ1) is 15.0. The van der Waals surface area contributed by atoms with E-state index in [1.807, 2.05) is 0 Å². The molecule has 0 radical (unpaired) electrons. The number of Topliss-reactive ketones (excluding diaryl/α,β-unsaturated/α-hetero) is 1. The summed E-state index contributed by atoms with van der Waals surface area (Å²) in [5.41, 5.74) is 1.61. The van der Waals surface area contributed by atoms with E-state index in [0.29, 0.717) is 22.6 Å². The number of aromatic nitrogens is 1. The molecule has 2 aromatic carbocycles. The minimum absolute atomic E-state index is 0.0818. The summed E-state index contributed by atoms with van der Waals surface area (Å²) in [6.45, 7) is 0. The second kappa shape index (κ2) is 9.98. The van der Waals surface area contributed by atoms with Gasteiger partial charge in [-0.05, 0) is 48.0 Å². The monoisotopic (exact) mass is 416 g/mol. The van der Waals surface area contributed by atoms with E-state index in [0.717, 1.165) is 0 Å². The fourth-order valence-corrected chi connectivity index (χ4v) is 2.79. The van der Waals surface area contributed by atoms with Crippen molar-refractivity contribution in [1.29, 1.82) is 0 Å². The minimum atomic E-state index is -0.584. The molecule has 0 bridgehead atoms. The molecule has 3 rings (SSSR count). The molecular weight excluding hydrogens is 396 g/mol. The summed E-state index contributed by atoms with van der Waals surface area (Å²) in [6, 6.07) is 16.4. The molecule has 0 fully saturated rings. The second-order valence-corrected chi connectivity index (χ2v) is 6.43. The molecule has 7 nitrogen and oxygen atoms in total. The average Bonchev–Trinajstić information content (AvgIpc) is 2.82. The van der Waals surface area contributed by atoms with Crippen LogP contribution in [0.2, 0.25) is 0 Å². The molecule has 0 saturated carbocycles. The Balaban J connectivity index is 1.96. The lowest BCUT2D eigenvalue weighted by Crippen LogP contribution is -2.21. The maximum Gasteiger partial charge on any atom is 0.337 e. The Morgan fingerprint density at radius 3 is 2.35 bits per heavy atom. The highest BCUT2D eigenvalue weighted by molar-refractivity contribution is 6.31. The lowest BCUT2D eigenvalue weighted by Gasteiger charge is -2.10. The van der Waals surface area contributed by atoms with Gasteiger partial charge in [0.05, 0.1) is 25.4 Å². The van der Waals surface area contributed by atoms with Gasteiger partial charge in [-0.25, -0.2) is 4.79 Å². The SMILES string of the molecule is COC(=O)c1ccc(/C=C(/C(=O)Nc2cccc(OC)c2)C(=O)c2cccnc2)cc1. The number of carbonyl (C=O) groups excluding carboxylic acids is 3. The number of esters is 1. The van der Waals surface area contributed by atoms with Crippen LogP contribution in [0.1, 0.15) is 26.3 Å². The number of methoxy groups -OCH3 is 2. The fraction of sp³-hybridized carbons (Fsp3) is 0.0833. The molecule has 1 amide bonds. The van der Waals surface area contributed by atoms with Gasteiger partial charge in [0.15, 0.2) is 5.78 Å². The summed E-state index contributed by atoms with van der Waals surface area (Å²) in [4.78, 5) is 41.7. The van der Waals surface area contributed by atoms with Crippen molar-refractivity contribution in [2.24, 2.45) is 0 Å². The number of carbonyl (C=O) groups is 3. The van der Waals surface area contributed by atoms with Crippen molar-refractivity contribution in [2.45, 2.75) is 0 Å². The van der Waals surface area contributed by atoms with Crippen LogP contribution in [0.15, 0.2) is 78.6 Å². The molecule has 0 unspecified atom stereocenters. The summed E-state index contributed by atoms with van der Waals surface area (Å²) in [7, 11) is 2.82. The van der Waals surface area contributed by atoms with Gasteiger partial charge in [0, 0.05) is 29.7 Å². The standard InChI is InChI=1S/C24H20N2O5/c1-30-20-7-3-6-19(14-20)26-23(28)21(22(27)18-5-4-12-25-15-18)13-16-8-10-17(11-9-16)24(29)31-2/h3-15H,1-2H3,(H,26,28)/b21-13+. The maximum absolute atomic E-state index is 13.1. The molecule has 1 heterocycles. The van der Waals surface area contributed by atoms with Gasteiger partial charge in [0.25, 0.3) is 5.91 Å². The largest absolute Gasteiger partial charge is 0.497 e. The van der Waals surface area contributed by atoms with Crippen LogP contribution in [0, 0.1) is 0 Å². The number of hydrogen-bond donors (Lipinski definition) is 1. The van der Waals surface area contributed by atoms with E-state index in [1.165, 1.54) is 26.5 Å². The number of hydrogen-bond acceptors (Lipinski definition) is 6. The summed E-state index contributed by atoms with van der Waals surface area (Å²) in [5, 5.41) is 2.72. The minimum Gasteiger partial charge on any atom is -0.497 e. The third-order valence-electron chi connectivity index (χ3n) is 4.38. The number of amides is 1. The highest BCUT2D eigenvalue weighted by Gasteiger charge is 2.21. The van der Waals surface area contributed by atoms with E-state index in [-0.39, 0.29) is 11.1 Å². The number of ketones is 1. The van der Waals surface area contributed by atoms with Gasteiger partial charge in [-0.1, -0.05) is 18.2 Å². The molecule has 0 atom stereocenters. The van der Waals surface area contributed by atoms with Crippen molar-refractivity contribution in [1.82, 2.24) is 4.98 Å². The zero-order valence-electron chi connectivity index (χ0n) is 17.0. The van der Waals surface area contributed by atoms with Crippen molar-refractivity contribution >= 4 is 29.4 Å². The van der Waals surface area contributed by atoms with Crippen LogP contribution >= 0.6 is 0 Å². The van der Waals surface area contributed by atoms with Gasteiger partial charge in [-0.15, -0.1) is 0 Å². The van der Waals surface area contributed by atoms with Gasteiger partial charge in [-0.2, -0.15) is 0 Å². The van der Waals surface area contributed by atoms with E-state index in [9.17, 15) is 14.4 Å². The number of benzene rings is 2. The Labute approximate surface area is 179 Å². The molecule has 0 spiro atoms. The highest BCUT2D eigenvalue weighted by Crippen LogP contribution is 2.20. The third kappa shape index (κ3) is 5.42. The van der Waals surface area contributed by atoms with Crippen molar-refractivity contribution < 1.29 is 23.9 Å².